The minimum absolute atomic E-state index is 0.326. The Kier molecular flexibility index (Phi) is 4.94. The lowest BCUT2D eigenvalue weighted by molar-refractivity contribution is 0.156. The Labute approximate surface area is 115 Å². The molecular weight excluding hydrogens is 300 g/mol. The van der Waals surface area contributed by atoms with Gasteiger partial charge in [-0.3, -0.25) is 4.68 Å². The van der Waals surface area contributed by atoms with Gasteiger partial charge in [0.25, 0.3) is 0 Å². The molecule has 2 unspecified atom stereocenters. The van der Waals surface area contributed by atoms with Gasteiger partial charge in [0.2, 0.25) is 0 Å². The van der Waals surface area contributed by atoms with Gasteiger partial charge in [-0.15, -0.1) is 0 Å². The number of nitrogens with zero attached hydrogens (tertiary/aromatic N) is 2. The van der Waals surface area contributed by atoms with Gasteiger partial charge in [0.1, 0.15) is 6.10 Å². The van der Waals surface area contributed by atoms with Crippen molar-refractivity contribution < 1.29 is 5.11 Å². The van der Waals surface area contributed by atoms with E-state index < -0.39 is 6.10 Å². The molecule has 96 valence electrons. The molecule has 1 aromatic heterocycles. The van der Waals surface area contributed by atoms with E-state index in [-0.39, 0.29) is 0 Å². The van der Waals surface area contributed by atoms with Crippen molar-refractivity contribution in [3.8, 4) is 0 Å². The maximum atomic E-state index is 10.5. The van der Waals surface area contributed by atoms with Gasteiger partial charge in [0.05, 0.1) is 16.4 Å². The molecular formula is C12H19BrN2OS. The molecule has 0 aromatic carbocycles. The summed E-state index contributed by atoms with van der Waals surface area (Å²) < 4.78 is 2.87. The Morgan fingerprint density at radius 3 is 3.12 bits per heavy atom. The number of aliphatic hydroxyl groups excluding tert-OH is 1. The van der Waals surface area contributed by atoms with Crippen LogP contribution in [0.4, 0.5) is 0 Å². The summed E-state index contributed by atoms with van der Waals surface area (Å²) in [6.45, 7) is 3.00. The molecule has 5 heteroatoms. The molecule has 2 atom stereocenters. The number of thioether (sulfide) groups is 1. The van der Waals surface area contributed by atoms with Crippen LogP contribution in [0, 0.1) is 0 Å². The monoisotopic (exact) mass is 318 g/mol. The highest BCUT2D eigenvalue weighted by Gasteiger charge is 2.28. The predicted octanol–water partition coefficient (Wildman–Crippen LogP) is 3.37. The maximum Gasteiger partial charge on any atom is 0.109 e. The first kappa shape index (κ1) is 13.4. The lowest BCUT2D eigenvalue weighted by Crippen LogP contribution is -2.22. The van der Waals surface area contributed by atoms with Crippen LogP contribution in [-0.2, 0) is 6.54 Å². The van der Waals surface area contributed by atoms with E-state index in [0.717, 1.165) is 29.6 Å². The van der Waals surface area contributed by atoms with E-state index in [1.165, 1.54) is 18.6 Å². The summed E-state index contributed by atoms with van der Waals surface area (Å²) >= 11 is 5.39. The first-order valence-corrected chi connectivity index (χ1v) is 8.09. The fraction of sp³-hybridized carbons (Fsp3) is 0.750. The Balaban J connectivity index is 2.16. The third-order valence-electron chi connectivity index (χ3n) is 3.12. The first-order chi connectivity index (χ1) is 8.24. The van der Waals surface area contributed by atoms with Crippen LogP contribution in [-0.4, -0.2) is 25.9 Å². The van der Waals surface area contributed by atoms with E-state index >= 15 is 0 Å². The predicted molar refractivity (Wildman–Crippen MR) is 75.3 cm³/mol. The van der Waals surface area contributed by atoms with Crippen molar-refractivity contribution in [2.75, 3.05) is 5.75 Å². The minimum atomic E-state index is -0.399. The SMILES string of the molecule is CCCn1ncc(Br)c1C(O)C1CCCCS1. The highest BCUT2D eigenvalue weighted by molar-refractivity contribution is 9.10. The molecule has 1 aromatic rings. The summed E-state index contributed by atoms with van der Waals surface area (Å²) in [4.78, 5) is 0. The summed E-state index contributed by atoms with van der Waals surface area (Å²) in [5, 5.41) is 15.2. The van der Waals surface area contributed by atoms with Gasteiger partial charge in [-0.1, -0.05) is 13.3 Å². The van der Waals surface area contributed by atoms with Crippen LogP contribution in [0.3, 0.4) is 0 Å². The summed E-state index contributed by atoms with van der Waals surface area (Å²) in [6, 6.07) is 0. The topological polar surface area (TPSA) is 38.0 Å². The molecule has 0 saturated carbocycles. The second-order valence-corrected chi connectivity index (χ2v) is 6.65. The van der Waals surface area contributed by atoms with Crippen LogP contribution in [0.15, 0.2) is 10.7 Å². The van der Waals surface area contributed by atoms with Crippen LogP contribution in [0.25, 0.3) is 0 Å². The molecule has 0 aliphatic carbocycles. The second kappa shape index (κ2) is 6.25. The maximum absolute atomic E-state index is 10.5. The van der Waals surface area contributed by atoms with E-state index in [1.807, 2.05) is 16.4 Å². The van der Waals surface area contributed by atoms with E-state index in [4.69, 9.17) is 0 Å². The van der Waals surface area contributed by atoms with Gasteiger partial charge < -0.3 is 5.11 Å². The number of aliphatic hydroxyl groups is 1. The highest BCUT2D eigenvalue weighted by Crippen LogP contribution is 2.37. The van der Waals surface area contributed by atoms with Crippen LogP contribution < -0.4 is 0 Å². The molecule has 3 nitrogen and oxygen atoms in total. The van der Waals surface area contributed by atoms with Crippen LogP contribution in [0.2, 0.25) is 0 Å². The zero-order chi connectivity index (χ0) is 12.3. The van der Waals surface area contributed by atoms with E-state index in [0.29, 0.717) is 5.25 Å². The molecule has 1 fully saturated rings. The van der Waals surface area contributed by atoms with Crippen molar-refractivity contribution in [1.82, 2.24) is 9.78 Å². The number of hydrogen-bond acceptors (Lipinski definition) is 3. The fourth-order valence-corrected chi connectivity index (χ4v) is 4.10. The molecule has 0 spiro atoms. The molecule has 17 heavy (non-hydrogen) atoms. The van der Waals surface area contributed by atoms with Crippen molar-refractivity contribution >= 4 is 27.7 Å². The Morgan fingerprint density at radius 1 is 1.65 bits per heavy atom. The minimum Gasteiger partial charge on any atom is -0.386 e. The molecule has 0 bridgehead atoms. The summed E-state index contributed by atoms with van der Waals surface area (Å²) in [5.74, 6) is 1.17. The molecule has 1 aliphatic rings. The zero-order valence-electron chi connectivity index (χ0n) is 10.1. The van der Waals surface area contributed by atoms with Crippen molar-refractivity contribution in [3.63, 3.8) is 0 Å². The van der Waals surface area contributed by atoms with Crippen molar-refractivity contribution in [2.45, 2.75) is 50.5 Å². The third kappa shape index (κ3) is 3.06. The Bertz CT molecular complexity index is 363. The molecule has 0 radical (unpaired) electrons. The summed E-state index contributed by atoms with van der Waals surface area (Å²) in [5.41, 5.74) is 0.950. The van der Waals surface area contributed by atoms with Crippen LogP contribution in [0.1, 0.15) is 44.4 Å². The van der Waals surface area contributed by atoms with Crippen molar-refractivity contribution in [3.05, 3.63) is 16.4 Å². The Hall–Kier alpha value is -0.0000000000000000555. The van der Waals surface area contributed by atoms with Gasteiger partial charge in [-0.25, -0.2) is 0 Å². The van der Waals surface area contributed by atoms with E-state index in [9.17, 15) is 5.11 Å². The molecule has 0 amide bonds. The first-order valence-electron chi connectivity index (χ1n) is 6.25. The lowest BCUT2D eigenvalue weighted by atomic mass is 10.1. The van der Waals surface area contributed by atoms with Gasteiger partial charge in [-0.05, 0) is 40.9 Å². The molecule has 1 saturated heterocycles. The smallest absolute Gasteiger partial charge is 0.109 e. The number of aromatic nitrogens is 2. The second-order valence-electron chi connectivity index (χ2n) is 4.45. The van der Waals surface area contributed by atoms with E-state index in [2.05, 4.69) is 28.0 Å². The third-order valence-corrected chi connectivity index (χ3v) is 5.17. The standard InChI is InChI=1S/C12H19BrN2OS/c1-2-6-15-11(9(13)8-14-15)12(16)10-5-3-4-7-17-10/h8,10,12,16H,2-7H2,1H3. The largest absolute Gasteiger partial charge is 0.386 e. The average molecular weight is 319 g/mol. The normalized spacial score (nSPS) is 22.6. The van der Waals surface area contributed by atoms with E-state index in [1.54, 1.807) is 6.20 Å². The molecule has 1 aliphatic heterocycles. The lowest BCUT2D eigenvalue weighted by Gasteiger charge is -2.26. The van der Waals surface area contributed by atoms with Gasteiger partial charge in [-0.2, -0.15) is 16.9 Å². The quantitative estimate of drug-likeness (QED) is 0.924. The van der Waals surface area contributed by atoms with Crippen LogP contribution in [0.5, 0.6) is 0 Å². The van der Waals surface area contributed by atoms with Crippen LogP contribution >= 0.6 is 27.7 Å². The van der Waals surface area contributed by atoms with Gasteiger partial charge >= 0.3 is 0 Å². The number of aryl methyl sites for hydroxylation is 1. The number of hydrogen-bond donors (Lipinski definition) is 1. The zero-order valence-corrected chi connectivity index (χ0v) is 12.5. The number of halogens is 1. The number of rotatable bonds is 4. The highest BCUT2D eigenvalue weighted by atomic mass is 79.9. The van der Waals surface area contributed by atoms with Crippen molar-refractivity contribution in [2.24, 2.45) is 0 Å². The van der Waals surface area contributed by atoms with Gasteiger partial charge in [0, 0.05) is 11.8 Å². The summed E-state index contributed by atoms with van der Waals surface area (Å²) in [7, 11) is 0. The fourth-order valence-electron chi connectivity index (χ4n) is 2.25. The molecule has 2 heterocycles. The molecule has 1 N–H and O–H groups in total. The average Bonchev–Trinajstić information content (AvgIpc) is 2.71. The van der Waals surface area contributed by atoms with Gasteiger partial charge in [0.15, 0.2) is 0 Å². The van der Waals surface area contributed by atoms with Crippen molar-refractivity contribution in [1.29, 1.82) is 0 Å². The molecule has 2 rings (SSSR count). The summed E-state index contributed by atoms with van der Waals surface area (Å²) in [6.07, 6.45) is 6.05. The Morgan fingerprint density at radius 2 is 2.47 bits per heavy atom.